The lowest BCUT2D eigenvalue weighted by atomic mass is 9.82. The van der Waals surface area contributed by atoms with E-state index in [9.17, 15) is 29.4 Å². The molecule has 3 aromatic carbocycles. The number of ether oxygens (including phenoxy) is 2. The van der Waals surface area contributed by atoms with Gasteiger partial charge in [-0.25, -0.2) is 4.79 Å². The number of benzene rings is 3. The van der Waals surface area contributed by atoms with Crippen molar-refractivity contribution >= 4 is 50.2 Å². The maximum Gasteiger partial charge on any atom is 0.404 e. The van der Waals surface area contributed by atoms with Crippen LogP contribution in [0.3, 0.4) is 0 Å². The number of phenolic OH excluding ortho intramolecular Hbond substituents is 2. The highest BCUT2D eigenvalue weighted by Gasteiger charge is 2.75. The van der Waals surface area contributed by atoms with Gasteiger partial charge >= 0.3 is 6.09 Å². The monoisotopic (exact) mass is 759 g/mol. The number of nitrogens with one attached hydrogen (secondary N) is 2. The molecule has 3 aliphatic heterocycles. The maximum atomic E-state index is 12.9. The quantitative estimate of drug-likeness (QED) is 0.0395. The Bertz CT molecular complexity index is 2440. The van der Waals surface area contributed by atoms with E-state index in [1.165, 1.54) is 19.2 Å². The Balaban J connectivity index is 0.000000172. The van der Waals surface area contributed by atoms with Gasteiger partial charge in [-0.15, -0.1) is 0 Å². The number of hydrogen-bond donors (Lipinski definition) is 8. The van der Waals surface area contributed by atoms with Gasteiger partial charge in [-0.3, -0.25) is 34.1 Å². The van der Waals surface area contributed by atoms with Crippen LogP contribution in [0.2, 0.25) is 0 Å². The number of nitrogens with two attached hydrogens (primary N) is 3. The third kappa shape index (κ3) is 5.70. The second-order valence-electron chi connectivity index (χ2n) is 14.1. The van der Waals surface area contributed by atoms with Crippen LogP contribution in [0.4, 0.5) is 4.79 Å². The molecule has 0 bridgehead atoms. The molecule has 11 N–H and O–H groups in total. The summed E-state index contributed by atoms with van der Waals surface area (Å²) >= 11 is 0. The Labute approximate surface area is 313 Å². The van der Waals surface area contributed by atoms with E-state index in [-0.39, 0.29) is 75.6 Å². The molecule has 292 valence electrons. The van der Waals surface area contributed by atoms with Gasteiger partial charge in [0.1, 0.15) is 18.1 Å². The van der Waals surface area contributed by atoms with E-state index in [1.807, 2.05) is 28.8 Å². The number of rotatable bonds is 11. The summed E-state index contributed by atoms with van der Waals surface area (Å²) in [6.45, 7) is 4.67. The highest BCUT2D eigenvalue weighted by molar-refractivity contribution is 6.25. The fourth-order valence-corrected chi connectivity index (χ4v) is 8.64. The number of aliphatic hydroxyl groups is 1. The van der Waals surface area contributed by atoms with Crippen molar-refractivity contribution < 1.29 is 39.2 Å². The van der Waals surface area contributed by atoms with Gasteiger partial charge in [-0.2, -0.15) is 0 Å². The standard InChI is InChI=1S/C21H25N5O4.C16H20N4O5/c22-6-1-7-24-12-2-3-13-17-16(12)21(30)19-15(29)5-4-14(28)18(19)20(17)25-26(13)10-8-23-9-11-27;1-6-10(17)13(22)9-7(5-25-15(18)23)16(24-3)14-8(19(14)2)4-20(16)11(9)12(6)21/h2-5,23,25,27,29-30H,1,6-11,22H2;7-8,14H,4-5,17H2,1-3H3,(H2,18,23)/t;7-,8+,14+,16-,19?/m.1/s1. The number of allylic oxidation sites excluding steroid dienone is 2. The van der Waals surface area contributed by atoms with Crippen molar-refractivity contribution in [3.8, 4) is 11.5 Å². The Morgan fingerprint density at radius 3 is 2.55 bits per heavy atom. The summed E-state index contributed by atoms with van der Waals surface area (Å²) in [6.07, 6.45) is -0.235. The normalized spacial score (nSPS) is 24.5. The Kier molecular flexibility index (Phi) is 9.80. The number of aromatic hydroxyl groups is 2. The van der Waals surface area contributed by atoms with E-state index >= 15 is 0 Å². The molecule has 1 aliphatic carbocycles. The average molecular weight is 760 g/mol. The molecule has 1 unspecified atom stereocenters. The molecule has 5 atom stereocenters. The SMILES string of the molecule is CO[C@@]12[C@H](COC(N)=O)C3=C(C(=O)C(C)=C(N)C3=O)N1C[C@H]1[C@@H]2N1C.NCCCN=c1ccc2c3c1c(O)c1c(O)ccc(=O)c1c3[nH]n2CCNCCO. The van der Waals surface area contributed by atoms with E-state index in [2.05, 4.69) is 20.3 Å². The van der Waals surface area contributed by atoms with Crippen molar-refractivity contribution in [2.45, 2.75) is 37.7 Å². The van der Waals surface area contributed by atoms with Crippen LogP contribution >= 0.6 is 0 Å². The zero-order valence-corrected chi connectivity index (χ0v) is 30.7. The molecule has 55 heavy (non-hydrogen) atoms. The molecule has 4 heterocycles. The Hall–Kier alpha value is -5.53. The predicted octanol–water partition coefficient (Wildman–Crippen LogP) is -0.993. The molecule has 0 saturated carbocycles. The Morgan fingerprint density at radius 1 is 1.09 bits per heavy atom. The van der Waals surface area contributed by atoms with Crippen molar-refractivity contribution in [2.24, 2.45) is 28.1 Å². The van der Waals surface area contributed by atoms with Crippen LogP contribution in [-0.4, -0.2) is 130 Å². The molecular weight excluding hydrogens is 714 g/mol. The van der Waals surface area contributed by atoms with Crippen molar-refractivity contribution in [1.29, 1.82) is 0 Å². The number of methoxy groups -OCH3 is 1. The van der Waals surface area contributed by atoms with Crippen LogP contribution in [-0.2, 0) is 25.6 Å². The van der Waals surface area contributed by atoms with Crippen LogP contribution in [0, 0.1) is 5.92 Å². The first-order chi connectivity index (χ1) is 26.3. The van der Waals surface area contributed by atoms with Crippen LogP contribution in [0.5, 0.6) is 11.5 Å². The molecular formula is C37H45N9O9. The zero-order chi connectivity index (χ0) is 39.5. The number of carbonyl (C=O) groups excluding carboxylic acids is 3. The van der Waals surface area contributed by atoms with Gasteiger partial charge < -0.3 is 52.2 Å². The summed E-state index contributed by atoms with van der Waals surface area (Å²) in [5, 5.41) is 39.0. The van der Waals surface area contributed by atoms with Gasteiger partial charge in [0.25, 0.3) is 0 Å². The minimum Gasteiger partial charge on any atom is -0.507 e. The van der Waals surface area contributed by atoms with Crippen LogP contribution in [0.1, 0.15) is 13.3 Å². The van der Waals surface area contributed by atoms with Crippen molar-refractivity contribution in [2.75, 3.05) is 60.1 Å². The van der Waals surface area contributed by atoms with Gasteiger partial charge in [0.2, 0.25) is 11.6 Å². The number of carbonyl (C=O) groups is 3. The minimum atomic E-state index is -0.949. The molecule has 0 spiro atoms. The van der Waals surface area contributed by atoms with Crippen molar-refractivity contribution in [3.05, 3.63) is 62.4 Å². The molecule has 18 heteroatoms. The van der Waals surface area contributed by atoms with Gasteiger partial charge in [-0.05, 0) is 51.2 Å². The van der Waals surface area contributed by atoms with E-state index in [1.54, 1.807) is 6.92 Å². The summed E-state index contributed by atoms with van der Waals surface area (Å²) in [5.41, 5.74) is 17.4. The van der Waals surface area contributed by atoms with Crippen molar-refractivity contribution in [1.82, 2.24) is 24.9 Å². The number of amides is 1. The fraction of sp³-hybridized carbons (Fsp3) is 0.432. The number of aliphatic hydroxyl groups excluding tert-OH is 1. The summed E-state index contributed by atoms with van der Waals surface area (Å²) in [5.74, 6) is -1.64. The smallest absolute Gasteiger partial charge is 0.404 e. The van der Waals surface area contributed by atoms with Crippen LogP contribution in [0.25, 0.3) is 32.6 Å². The number of piperazine rings is 1. The predicted molar refractivity (Wildman–Crippen MR) is 201 cm³/mol. The second kappa shape index (κ2) is 14.3. The molecule has 1 aromatic heterocycles. The lowest BCUT2D eigenvalue weighted by Crippen LogP contribution is -2.55. The first-order valence-corrected chi connectivity index (χ1v) is 18.0. The summed E-state index contributed by atoms with van der Waals surface area (Å²) in [4.78, 5) is 58.1. The number of H-pyrrole nitrogens is 1. The number of aromatic amines is 1. The molecule has 4 aromatic rings. The number of phenols is 2. The maximum absolute atomic E-state index is 12.9. The lowest BCUT2D eigenvalue weighted by Gasteiger charge is -2.40. The van der Waals surface area contributed by atoms with Gasteiger partial charge in [0.05, 0.1) is 69.1 Å². The number of aromatic nitrogens is 2. The zero-order valence-electron chi connectivity index (χ0n) is 30.7. The third-order valence-electron chi connectivity index (χ3n) is 11.3. The molecule has 1 amide bonds. The summed E-state index contributed by atoms with van der Waals surface area (Å²) < 4.78 is 12.8. The number of primary amides is 1. The van der Waals surface area contributed by atoms with Crippen LogP contribution < -0.4 is 33.3 Å². The van der Waals surface area contributed by atoms with Gasteiger partial charge in [0.15, 0.2) is 11.2 Å². The number of likely N-dealkylation sites (N-methyl/N-ethyl adjacent to an activating group) is 1. The number of Topliss-reactive ketones (excluding diaryl/α,β-unsaturated/α-hetero) is 2. The van der Waals surface area contributed by atoms with E-state index in [0.717, 1.165) is 5.52 Å². The second-order valence-corrected chi connectivity index (χ2v) is 14.1. The topological polar surface area (TPSA) is 277 Å². The van der Waals surface area contributed by atoms with E-state index < -0.39 is 23.5 Å². The first kappa shape index (κ1) is 37.8. The summed E-state index contributed by atoms with van der Waals surface area (Å²) in [6, 6.07) is 6.52. The van der Waals surface area contributed by atoms with Gasteiger partial charge in [-0.1, -0.05) is 0 Å². The molecule has 4 aliphatic rings. The average Bonchev–Trinajstić information content (AvgIpc) is 3.42. The molecule has 2 saturated heterocycles. The fourth-order valence-electron chi connectivity index (χ4n) is 8.64. The van der Waals surface area contributed by atoms with Crippen molar-refractivity contribution in [3.63, 3.8) is 0 Å². The molecule has 18 nitrogen and oxygen atoms in total. The molecule has 8 rings (SSSR count). The first-order valence-electron chi connectivity index (χ1n) is 18.0. The van der Waals surface area contributed by atoms with E-state index in [0.29, 0.717) is 73.0 Å². The van der Waals surface area contributed by atoms with Gasteiger partial charge in [0, 0.05) is 55.9 Å². The molecule has 2 fully saturated rings. The number of ketones is 2. The minimum absolute atomic E-state index is 0.00768. The highest BCUT2D eigenvalue weighted by atomic mass is 16.6. The third-order valence-corrected chi connectivity index (χ3v) is 11.3. The largest absolute Gasteiger partial charge is 0.507 e. The van der Waals surface area contributed by atoms with Crippen LogP contribution in [0.15, 0.2) is 56.6 Å². The molecule has 0 radical (unpaired) electrons. The Morgan fingerprint density at radius 2 is 1.85 bits per heavy atom. The lowest BCUT2D eigenvalue weighted by molar-refractivity contribution is -0.144. The highest BCUT2D eigenvalue weighted by Crippen LogP contribution is 2.59. The number of hydrogen-bond acceptors (Lipinski definition) is 15. The number of fused-ring (bicyclic) bond motifs is 6. The number of nitrogens with zero attached hydrogens (tertiary/aromatic N) is 4. The van der Waals surface area contributed by atoms with E-state index in [4.69, 9.17) is 31.8 Å². The summed E-state index contributed by atoms with van der Waals surface area (Å²) in [7, 11) is 3.49.